The number of likely N-dealkylation sites (tertiary alicyclic amines) is 1. The largest absolute Gasteiger partial charge is 0.493 e. The van der Waals surface area contributed by atoms with E-state index in [0.717, 1.165) is 56.4 Å². The van der Waals surface area contributed by atoms with Crippen LogP contribution in [0.4, 0.5) is 5.69 Å². The summed E-state index contributed by atoms with van der Waals surface area (Å²) in [6.07, 6.45) is 9.90. The van der Waals surface area contributed by atoms with Crippen molar-refractivity contribution in [3.63, 3.8) is 0 Å². The molecule has 2 unspecified atom stereocenters. The predicted octanol–water partition coefficient (Wildman–Crippen LogP) is 4.47. The molecule has 3 aliphatic heterocycles. The minimum Gasteiger partial charge on any atom is -0.493 e. The van der Waals surface area contributed by atoms with Gasteiger partial charge in [0.05, 0.1) is 37.6 Å². The molecule has 1 N–H and O–H groups in total. The Morgan fingerprint density at radius 2 is 2.10 bits per heavy atom. The summed E-state index contributed by atoms with van der Waals surface area (Å²) < 4.78 is 22.8. The number of ether oxygens (including phenoxy) is 4. The third-order valence-corrected chi connectivity index (χ3v) is 8.53. The topological polar surface area (TPSA) is 111 Å². The number of hydrogen-bond donors (Lipinski definition) is 1. The summed E-state index contributed by atoms with van der Waals surface area (Å²) in [7, 11) is 1.56. The molecule has 3 aliphatic rings. The van der Waals surface area contributed by atoms with Gasteiger partial charge in [-0.15, -0.1) is 0 Å². The summed E-state index contributed by atoms with van der Waals surface area (Å²) in [6.45, 7) is 4.07. The lowest BCUT2D eigenvalue weighted by Crippen LogP contribution is -2.45. The fraction of sp³-hybridized carbons (Fsp3) is 0.581. The van der Waals surface area contributed by atoms with Gasteiger partial charge in [0.25, 0.3) is 0 Å². The van der Waals surface area contributed by atoms with Gasteiger partial charge in [-0.05, 0) is 68.4 Å². The van der Waals surface area contributed by atoms with Crippen molar-refractivity contribution >= 4 is 17.6 Å². The van der Waals surface area contributed by atoms with Crippen molar-refractivity contribution in [2.45, 2.75) is 69.9 Å². The number of pyridine rings is 1. The van der Waals surface area contributed by atoms with Gasteiger partial charge >= 0.3 is 5.97 Å². The van der Waals surface area contributed by atoms with Crippen LogP contribution in [0.15, 0.2) is 36.7 Å². The highest BCUT2D eigenvalue weighted by Gasteiger charge is 2.48. The molecule has 0 radical (unpaired) electrons. The first-order chi connectivity index (χ1) is 20.0. The van der Waals surface area contributed by atoms with Crippen LogP contribution in [-0.2, 0) is 14.3 Å². The van der Waals surface area contributed by atoms with Crippen molar-refractivity contribution in [2.24, 2.45) is 5.92 Å². The van der Waals surface area contributed by atoms with Crippen LogP contribution in [0.3, 0.4) is 0 Å². The summed E-state index contributed by atoms with van der Waals surface area (Å²) in [5.74, 6) is -0.398. The number of benzene rings is 1. The average molecular weight is 568 g/mol. The van der Waals surface area contributed by atoms with E-state index in [1.54, 1.807) is 24.4 Å². The summed E-state index contributed by atoms with van der Waals surface area (Å²) in [5, 5.41) is 10.6. The molecular weight excluding hydrogens is 526 g/mol. The number of nitrogens with zero attached hydrogens (tertiary/aromatic N) is 3. The zero-order valence-corrected chi connectivity index (χ0v) is 24.0. The molecule has 4 heterocycles. The number of unbranched alkanes of at least 4 members (excludes halogenated alkanes) is 1. The molecule has 1 aromatic carbocycles. The molecule has 2 saturated heterocycles. The maximum absolute atomic E-state index is 13.9. The van der Waals surface area contributed by atoms with Gasteiger partial charge in [-0.2, -0.15) is 0 Å². The van der Waals surface area contributed by atoms with Crippen LogP contribution in [0.2, 0.25) is 0 Å². The summed E-state index contributed by atoms with van der Waals surface area (Å²) >= 11 is 0. The van der Waals surface area contributed by atoms with Crippen LogP contribution >= 0.6 is 0 Å². The lowest BCUT2D eigenvalue weighted by atomic mass is 9.83. The first-order valence-electron chi connectivity index (χ1n) is 14.8. The second-order valence-corrected chi connectivity index (χ2v) is 11.1. The van der Waals surface area contributed by atoms with Gasteiger partial charge in [0.15, 0.2) is 11.5 Å². The van der Waals surface area contributed by atoms with Gasteiger partial charge < -0.3 is 29.0 Å². The third kappa shape index (κ3) is 6.59. The molecule has 1 aromatic heterocycles. The number of carboxylic acid groups (broad SMARTS) is 1. The predicted molar refractivity (Wildman–Crippen MR) is 153 cm³/mol. The molecule has 0 saturated carbocycles. The van der Waals surface area contributed by atoms with Gasteiger partial charge in [0, 0.05) is 37.9 Å². The number of anilines is 1. The Morgan fingerprint density at radius 1 is 1.22 bits per heavy atom. The maximum atomic E-state index is 13.9. The number of aliphatic carboxylic acids is 1. The summed E-state index contributed by atoms with van der Waals surface area (Å²) in [5.41, 5.74) is 1.56. The molecule has 1 amide bonds. The standard InChI is InChI=1S/C31H41N3O7/c1-3-4-13-34(22-8-7-12-32-17-22)28(35)19-33-18-24(21-15-26(38-2)30-27(16-21)40-20-41-30)29(31(36)37)25(33)11-10-23-9-5-6-14-39-23/h7-8,12,15-17,23-25,29H,3-6,9-11,13-14,18-20H2,1-2H3,(H,36,37)/t23?,24-,25+,29?/m1/s1. The number of methoxy groups -OCH3 is 1. The van der Waals surface area contributed by atoms with Crippen molar-refractivity contribution in [1.82, 2.24) is 9.88 Å². The molecule has 10 nitrogen and oxygen atoms in total. The molecule has 2 aromatic rings. The fourth-order valence-electron chi connectivity index (χ4n) is 6.43. The zero-order valence-electron chi connectivity index (χ0n) is 24.0. The molecule has 10 heteroatoms. The van der Waals surface area contributed by atoms with E-state index in [2.05, 4.69) is 16.8 Å². The highest BCUT2D eigenvalue weighted by atomic mass is 16.7. The normalized spacial score (nSPS) is 23.9. The monoisotopic (exact) mass is 567 g/mol. The van der Waals surface area contributed by atoms with E-state index >= 15 is 0 Å². The van der Waals surface area contributed by atoms with Crippen LogP contribution in [0, 0.1) is 5.92 Å². The van der Waals surface area contributed by atoms with E-state index < -0.39 is 11.9 Å². The molecule has 0 spiro atoms. The Bertz CT molecular complexity index is 1190. The molecule has 222 valence electrons. The number of carbonyl (C=O) groups is 2. The second-order valence-electron chi connectivity index (χ2n) is 11.1. The van der Waals surface area contributed by atoms with Crippen molar-refractivity contribution < 1.29 is 33.6 Å². The molecule has 5 rings (SSSR count). The minimum absolute atomic E-state index is 0.0570. The number of amides is 1. The molecular formula is C31H41N3O7. The lowest BCUT2D eigenvalue weighted by molar-refractivity contribution is -0.143. The van der Waals surface area contributed by atoms with Gasteiger partial charge in [-0.3, -0.25) is 19.5 Å². The van der Waals surface area contributed by atoms with Gasteiger partial charge in [0.2, 0.25) is 18.4 Å². The van der Waals surface area contributed by atoms with Crippen molar-refractivity contribution in [1.29, 1.82) is 0 Å². The van der Waals surface area contributed by atoms with Crippen LogP contribution in [-0.4, -0.2) is 79.2 Å². The molecule has 4 atom stereocenters. The van der Waals surface area contributed by atoms with E-state index in [-0.39, 0.29) is 37.3 Å². The number of aromatic nitrogens is 1. The Labute approximate surface area is 241 Å². The molecule has 41 heavy (non-hydrogen) atoms. The number of hydrogen-bond acceptors (Lipinski definition) is 8. The minimum atomic E-state index is -0.869. The van der Waals surface area contributed by atoms with Gasteiger partial charge in [0.1, 0.15) is 0 Å². The Hall–Kier alpha value is -3.37. The fourth-order valence-corrected chi connectivity index (χ4v) is 6.43. The second kappa shape index (κ2) is 13.5. The summed E-state index contributed by atoms with van der Waals surface area (Å²) in [6, 6.07) is 7.11. The SMILES string of the molecule is CCCCN(C(=O)CN1C[C@H](c2cc(OC)c3c(c2)OCO3)C(C(=O)O)[C@@H]1CCC1CCCCO1)c1cccnc1. The van der Waals surface area contributed by atoms with Crippen molar-refractivity contribution in [2.75, 3.05) is 45.0 Å². The first-order valence-corrected chi connectivity index (χ1v) is 14.8. The van der Waals surface area contributed by atoms with Crippen LogP contribution in [0.1, 0.15) is 63.4 Å². The van der Waals surface area contributed by atoms with Gasteiger partial charge in [-0.1, -0.05) is 13.3 Å². The Kier molecular flexibility index (Phi) is 9.61. The smallest absolute Gasteiger partial charge is 0.308 e. The van der Waals surface area contributed by atoms with Crippen molar-refractivity contribution in [3.8, 4) is 17.2 Å². The summed E-state index contributed by atoms with van der Waals surface area (Å²) in [4.78, 5) is 34.8. The van der Waals surface area contributed by atoms with E-state index in [9.17, 15) is 14.7 Å². The van der Waals surface area contributed by atoms with Crippen LogP contribution in [0.25, 0.3) is 0 Å². The molecule has 0 bridgehead atoms. The van der Waals surface area contributed by atoms with E-state index in [0.29, 0.717) is 36.8 Å². The van der Waals surface area contributed by atoms with E-state index in [4.69, 9.17) is 18.9 Å². The van der Waals surface area contributed by atoms with Crippen molar-refractivity contribution in [3.05, 3.63) is 42.2 Å². The Balaban J connectivity index is 1.44. The molecule has 2 fully saturated rings. The van der Waals surface area contributed by atoms with Gasteiger partial charge in [-0.25, -0.2) is 0 Å². The zero-order chi connectivity index (χ0) is 28.8. The van der Waals surface area contributed by atoms with Crippen LogP contribution in [0.5, 0.6) is 17.2 Å². The first kappa shape index (κ1) is 29.1. The lowest BCUT2D eigenvalue weighted by Gasteiger charge is -2.31. The van der Waals surface area contributed by atoms with E-state index in [1.165, 1.54) is 0 Å². The number of rotatable bonds is 12. The molecule has 0 aliphatic carbocycles. The van der Waals surface area contributed by atoms with E-state index in [1.807, 2.05) is 24.3 Å². The highest BCUT2D eigenvalue weighted by Crippen LogP contribution is 2.47. The number of fused-ring (bicyclic) bond motifs is 1. The number of carboxylic acids is 1. The van der Waals surface area contributed by atoms with Crippen LogP contribution < -0.4 is 19.1 Å². The Morgan fingerprint density at radius 3 is 2.80 bits per heavy atom. The quantitative estimate of drug-likeness (QED) is 0.397. The number of carbonyl (C=O) groups excluding carboxylic acids is 1. The highest BCUT2D eigenvalue weighted by molar-refractivity contribution is 5.94. The third-order valence-electron chi connectivity index (χ3n) is 8.53. The average Bonchev–Trinajstić information content (AvgIpc) is 3.61. The maximum Gasteiger partial charge on any atom is 0.308 e.